The summed E-state index contributed by atoms with van der Waals surface area (Å²) >= 11 is 1.73. The highest BCUT2D eigenvalue weighted by Crippen LogP contribution is 2.21. The number of amides is 2. The van der Waals surface area contributed by atoms with Crippen LogP contribution in [0.5, 0.6) is 0 Å². The van der Waals surface area contributed by atoms with E-state index in [-0.39, 0.29) is 35.8 Å². The van der Waals surface area contributed by atoms with Crippen LogP contribution in [0.3, 0.4) is 0 Å². The normalized spacial score (nSPS) is 13.4. The fraction of sp³-hybridized carbons (Fsp3) is 0.316. The molecule has 2 amide bonds. The number of carbonyl (C=O) groups excluding carboxylic acids is 2. The maximum atomic E-state index is 12.3. The van der Waals surface area contributed by atoms with Crippen LogP contribution in [0.15, 0.2) is 46.8 Å². The number of rotatable bonds is 7. The van der Waals surface area contributed by atoms with Crippen molar-refractivity contribution in [2.75, 3.05) is 26.2 Å². The number of imide groups is 1. The molecule has 144 valence electrons. The second-order valence-corrected chi connectivity index (χ2v) is 6.86. The lowest BCUT2D eigenvalue weighted by Crippen LogP contribution is -2.43. The largest absolute Gasteiger partial charge is 0.357 e. The number of hydrogen-bond acceptors (Lipinski definition) is 4. The first-order chi connectivity index (χ1) is 12.7. The average molecular weight is 498 g/mol. The van der Waals surface area contributed by atoms with Gasteiger partial charge in [0, 0.05) is 37.5 Å². The van der Waals surface area contributed by atoms with Gasteiger partial charge in [0.05, 0.1) is 11.1 Å². The maximum Gasteiger partial charge on any atom is 0.261 e. The van der Waals surface area contributed by atoms with E-state index < -0.39 is 0 Å². The van der Waals surface area contributed by atoms with Crippen LogP contribution >= 0.6 is 35.3 Å². The van der Waals surface area contributed by atoms with Crippen LogP contribution in [0.2, 0.25) is 0 Å². The summed E-state index contributed by atoms with van der Waals surface area (Å²) in [5.41, 5.74) is 0.961. The number of carbonyl (C=O) groups is 2. The highest BCUT2D eigenvalue weighted by Gasteiger charge is 2.34. The first-order valence-electron chi connectivity index (χ1n) is 8.70. The van der Waals surface area contributed by atoms with Crippen LogP contribution in [0.4, 0.5) is 0 Å². The van der Waals surface area contributed by atoms with Gasteiger partial charge in [-0.05, 0) is 30.5 Å². The van der Waals surface area contributed by atoms with Crippen LogP contribution in [-0.2, 0) is 6.42 Å². The van der Waals surface area contributed by atoms with Gasteiger partial charge in [0.1, 0.15) is 0 Å². The summed E-state index contributed by atoms with van der Waals surface area (Å²) < 4.78 is 0. The van der Waals surface area contributed by atoms with Crippen molar-refractivity contribution in [2.24, 2.45) is 4.99 Å². The number of thiophene rings is 1. The predicted octanol–water partition coefficient (Wildman–Crippen LogP) is 2.76. The molecule has 1 aromatic heterocycles. The minimum atomic E-state index is -0.230. The molecular weight excluding hydrogens is 475 g/mol. The molecule has 0 spiro atoms. The van der Waals surface area contributed by atoms with Crippen molar-refractivity contribution in [2.45, 2.75) is 13.3 Å². The molecule has 1 aromatic carbocycles. The van der Waals surface area contributed by atoms with Gasteiger partial charge in [-0.25, -0.2) is 0 Å². The number of hydrogen-bond donors (Lipinski definition) is 2. The lowest BCUT2D eigenvalue weighted by Gasteiger charge is -2.16. The monoisotopic (exact) mass is 498 g/mol. The van der Waals surface area contributed by atoms with E-state index in [1.54, 1.807) is 35.6 Å². The Morgan fingerprint density at radius 1 is 1.07 bits per heavy atom. The van der Waals surface area contributed by atoms with Gasteiger partial charge in [-0.3, -0.25) is 19.5 Å². The molecule has 2 aromatic rings. The molecule has 3 rings (SSSR count). The smallest absolute Gasteiger partial charge is 0.261 e. The van der Waals surface area contributed by atoms with E-state index in [4.69, 9.17) is 0 Å². The number of benzene rings is 1. The van der Waals surface area contributed by atoms with Crippen molar-refractivity contribution in [3.05, 3.63) is 57.8 Å². The zero-order valence-corrected chi connectivity index (χ0v) is 18.3. The molecule has 0 atom stereocenters. The Bertz CT molecular complexity index is 773. The Hall–Kier alpha value is -1.94. The molecule has 1 aliphatic heterocycles. The van der Waals surface area contributed by atoms with Gasteiger partial charge in [-0.1, -0.05) is 18.2 Å². The SMILES string of the molecule is CCNC(=NCCc1cccs1)NCCN1C(=O)c2ccccc2C1=O.I. The lowest BCUT2D eigenvalue weighted by atomic mass is 10.1. The Kier molecular flexibility index (Phi) is 8.23. The molecule has 27 heavy (non-hydrogen) atoms. The summed E-state index contributed by atoms with van der Waals surface area (Å²) in [4.78, 5) is 31.8. The van der Waals surface area contributed by atoms with E-state index in [2.05, 4.69) is 27.1 Å². The van der Waals surface area contributed by atoms with E-state index in [1.165, 1.54) is 9.78 Å². The standard InChI is InChI=1S/C19H22N4O2S.HI/c1-2-20-19(21-10-9-14-6-5-13-26-14)22-11-12-23-17(24)15-7-3-4-8-16(15)18(23)25;/h3-8,13H,2,9-12H2,1H3,(H2,20,21,22);1H. The zero-order valence-electron chi connectivity index (χ0n) is 15.1. The number of nitrogens with one attached hydrogen (secondary N) is 2. The highest BCUT2D eigenvalue weighted by molar-refractivity contribution is 14.0. The van der Waals surface area contributed by atoms with E-state index in [9.17, 15) is 9.59 Å². The third kappa shape index (κ3) is 5.29. The summed E-state index contributed by atoms with van der Waals surface area (Å²) in [7, 11) is 0. The predicted molar refractivity (Wildman–Crippen MR) is 119 cm³/mol. The molecule has 0 saturated carbocycles. The Morgan fingerprint density at radius 3 is 2.37 bits per heavy atom. The first-order valence-corrected chi connectivity index (χ1v) is 9.58. The summed E-state index contributed by atoms with van der Waals surface area (Å²) in [5.74, 6) is 0.236. The van der Waals surface area contributed by atoms with Crippen molar-refractivity contribution in [3.63, 3.8) is 0 Å². The molecule has 1 aliphatic rings. The Balaban J connectivity index is 0.00000261. The van der Waals surface area contributed by atoms with E-state index in [1.807, 2.05) is 13.0 Å². The second kappa shape index (κ2) is 10.4. The molecule has 0 unspecified atom stereocenters. The molecule has 2 N–H and O–H groups in total. The highest BCUT2D eigenvalue weighted by atomic mass is 127. The lowest BCUT2D eigenvalue weighted by molar-refractivity contribution is 0.0657. The number of nitrogens with zero attached hydrogens (tertiary/aromatic N) is 2. The molecule has 0 bridgehead atoms. The van der Waals surface area contributed by atoms with Crippen molar-refractivity contribution in [1.82, 2.24) is 15.5 Å². The van der Waals surface area contributed by atoms with Crippen LogP contribution < -0.4 is 10.6 Å². The zero-order chi connectivity index (χ0) is 18.4. The van der Waals surface area contributed by atoms with Gasteiger partial charge < -0.3 is 10.6 Å². The summed E-state index contributed by atoms with van der Waals surface area (Å²) in [6, 6.07) is 11.1. The molecule has 6 nitrogen and oxygen atoms in total. The fourth-order valence-corrected chi connectivity index (χ4v) is 3.50. The quantitative estimate of drug-likeness (QED) is 0.267. The molecule has 0 aliphatic carbocycles. The van der Waals surface area contributed by atoms with Gasteiger partial charge >= 0.3 is 0 Å². The number of fused-ring (bicyclic) bond motifs is 1. The topological polar surface area (TPSA) is 73.8 Å². The van der Waals surface area contributed by atoms with Gasteiger partial charge in [-0.15, -0.1) is 35.3 Å². The summed E-state index contributed by atoms with van der Waals surface area (Å²) in [6.45, 7) is 4.19. The number of aliphatic imine (C=N–C) groups is 1. The summed E-state index contributed by atoms with van der Waals surface area (Å²) in [5, 5.41) is 8.43. The Morgan fingerprint density at radius 2 is 1.78 bits per heavy atom. The third-order valence-corrected chi connectivity index (χ3v) is 4.99. The van der Waals surface area contributed by atoms with E-state index in [0.717, 1.165) is 13.0 Å². The van der Waals surface area contributed by atoms with E-state index in [0.29, 0.717) is 36.7 Å². The number of guanidine groups is 1. The minimum absolute atomic E-state index is 0. The first kappa shape index (κ1) is 21.4. The van der Waals surface area contributed by atoms with Gasteiger partial charge in [0.25, 0.3) is 11.8 Å². The summed E-state index contributed by atoms with van der Waals surface area (Å²) in [6.07, 6.45) is 0.895. The van der Waals surface area contributed by atoms with Crippen molar-refractivity contribution in [3.8, 4) is 0 Å². The Labute approximate surface area is 180 Å². The fourth-order valence-electron chi connectivity index (χ4n) is 2.80. The molecule has 0 fully saturated rings. The van der Waals surface area contributed by atoms with E-state index >= 15 is 0 Å². The molecule has 2 heterocycles. The molecule has 8 heteroatoms. The number of halogens is 1. The van der Waals surface area contributed by atoms with Crippen molar-refractivity contribution >= 4 is 53.1 Å². The molecular formula is C19H23IN4O2S. The van der Waals surface area contributed by atoms with Crippen LogP contribution in [-0.4, -0.2) is 48.9 Å². The van der Waals surface area contributed by atoms with Crippen LogP contribution in [0.25, 0.3) is 0 Å². The van der Waals surface area contributed by atoms with Crippen LogP contribution in [0, 0.1) is 0 Å². The molecule has 0 saturated heterocycles. The average Bonchev–Trinajstić information content (AvgIpc) is 3.25. The van der Waals surface area contributed by atoms with Gasteiger partial charge in [0.2, 0.25) is 0 Å². The third-order valence-electron chi connectivity index (χ3n) is 4.06. The maximum absolute atomic E-state index is 12.3. The van der Waals surface area contributed by atoms with Gasteiger partial charge in [0.15, 0.2) is 5.96 Å². The second-order valence-electron chi connectivity index (χ2n) is 5.82. The van der Waals surface area contributed by atoms with Crippen LogP contribution in [0.1, 0.15) is 32.5 Å². The minimum Gasteiger partial charge on any atom is -0.357 e. The van der Waals surface area contributed by atoms with Gasteiger partial charge in [-0.2, -0.15) is 0 Å². The van der Waals surface area contributed by atoms with Crippen molar-refractivity contribution < 1.29 is 9.59 Å². The molecule has 0 radical (unpaired) electrons. The van der Waals surface area contributed by atoms with Crippen molar-refractivity contribution in [1.29, 1.82) is 0 Å².